The number of hydrogen-bond acceptors (Lipinski definition) is 1. The van der Waals surface area contributed by atoms with Crippen LogP contribution in [0.1, 0.15) is 25.5 Å². The molecule has 62 valence electrons. The molecule has 0 N–H and O–H groups in total. The van der Waals surface area contributed by atoms with Gasteiger partial charge in [-0.25, -0.2) is 0 Å². The van der Waals surface area contributed by atoms with Gasteiger partial charge < -0.3 is 0 Å². The number of hydrogen-bond donors (Lipinski definition) is 0. The molecule has 0 spiro atoms. The summed E-state index contributed by atoms with van der Waals surface area (Å²) in [5.41, 5.74) is 1.04. The fourth-order valence-corrected chi connectivity index (χ4v) is 1.93. The van der Waals surface area contributed by atoms with Gasteiger partial charge in [-0.1, -0.05) is 0 Å². The highest BCUT2D eigenvalue weighted by molar-refractivity contribution is 9.10. The van der Waals surface area contributed by atoms with E-state index in [4.69, 9.17) is 11.6 Å². The molecule has 1 aromatic heterocycles. The summed E-state index contributed by atoms with van der Waals surface area (Å²) in [6.45, 7) is 4.16. The zero-order valence-electron chi connectivity index (χ0n) is 6.51. The van der Waals surface area contributed by atoms with Gasteiger partial charge in [0.2, 0.25) is 0 Å². The van der Waals surface area contributed by atoms with Crippen LogP contribution in [0.25, 0.3) is 0 Å². The van der Waals surface area contributed by atoms with Gasteiger partial charge in [0.1, 0.15) is 4.60 Å². The Kier molecular flexibility index (Phi) is 2.96. The van der Waals surface area contributed by atoms with Crippen LogP contribution >= 0.6 is 27.5 Å². The Morgan fingerprint density at radius 2 is 2.36 bits per heavy atom. The molecule has 0 unspecified atom stereocenters. The molecule has 0 aromatic carbocycles. The molecule has 0 saturated heterocycles. The fraction of sp³-hybridized carbons (Fsp3) is 0.571. The molecule has 1 rings (SSSR count). The zero-order chi connectivity index (χ0) is 8.43. The van der Waals surface area contributed by atoms with Crippen LogP contribution in [0.2, 0.25) is 0 Å². The quantitative estimate of drug-likeness (QED) is 0.723. The molecule has 0 aliphatic heterocycles. The van der Waals surface area contributed by atoms with Gasteiger partial charge >= 0.3 is 0 Å². The van der Waals surface area contributed by atoms with E-state index < -0.39 is 0 Å². The summed E-state index contributed by atoms with van der Waals surface area (Å²) >= 11 is 9.09. The van der Waals surface area contributed by atoms with Gasteiger partial charge in [-0.3, -0.25) is 4.68 Å². The Morgan fingerprint density at radius 3 is 2.64 bits per heavy atom. The van der Waals surface area contributed by atoms with Gasteiger partial charge in [0.15, 0.2) is 0 Å². The van der Waals surface area contributed by atoms with Crippen molar-refractivity contribution in [2.24, 2.45) is 0 Å². The Bertz CT molecular complexity index is 245. The second kappa shape index (κ2) is 3.59. The molecule has 0 saturated carbocycles. The van der Waals surface area contributed by atoms with Gasteiger partial charge in [-0.15, -0.1) is 11.6 Å². The monoisotopic (exact) mass is 236 g/mol. The van der Waals surface area contributed by atoms with Crippen molar-refractivity contribution in [3.05, 3.63) is 16.4 Å². The van der Waals surface area contributed by atoms with Crippen molar-refractivity contribution in [1.82, 2.24) is 9.78 Å². The normalized spacial score (nSPS) is 11.0. The molecule has 1 aromatic rings. The lowest BCUT2D eigenvalue weighted by atomic mass is 10.4. The molecule has 0 bridgehead atoms. The first-order valence-corrected chi connectivity index (χ1v) is 4.77. The van der Waals surface area contributed by atoms with Gasteiger partial charge in [0.25, 0.3) is 0 Å². The minimum absolute atomic E-state index is 0.376. The van der Waals surface area contributed by atoms with E-state index >= 15 is 0 Å². The largest absolute Gasteiger partial charge is 0.256 e. The van der Waals surface area contributed by atoms with E-state index in [2.05, 4.69) is 34.9 Å². The third-order valence-corrected chi connectivity index (χ3v) is 2.60. The average molecular weight is 238 g/mol. The standard InChI is InChI=1S/C7H10BrClN2/c1-5(2)11-7(8)6(3-9)4-10-11/h4-5H,3H2,1-2H3. The Labute approximate surface area is 79.7 Å². The first-order valence-electron chi connectivity index (χ1n) is 3.44. The maximum atomic E-state index is 5.67. The van der Waals surface area contributed by atoms with Crippen LogP contribution < -0.4 is 0 Å². The van der Waals surface area contributed by atoms with E-state index in [1.165, 1.54) is 0 Å². The Morgan fingerprint density at radius 1 is 1.73 bits per heavy atom. The van der Waals surface area contributed by atoms with E-state index in [-0.39, 0.29) is 0 Å². The summed E-state index contributed by atoms with van der Waals surface area (Å²) < 4.78 is 2.89. The number of rotatable bonds is 2. The molecular weight excluding hydrogens is 227 g/mol. The van der Waals surface area contributed by atoms with Crippen molar-refractivity contribution in [2.75, 3.05) is 0 Å². The highest BCUT2D eigenvalue weighted by atomic mass is 79.9. The smallest absolute Gasteiger partial charge is 0.108 e. The number of alkyl halides is 1. The molecule has 0 atom stereocenters. The van der Waals surface area contributed by atoms with Crippen LogP contribution in [-0.4, -0.2) is 9.78 Å². The molecular formula is C7H10BrClN2. The maximum Gasteiger partial charge on any atom is 0.108 e. The molecule has 0 fully saturated rings. The minimum atomic E-state index is 0.376. The van der Waals surface area contributed by atoms with Crippen LogP contribution in [0.15, 0.2) is 10.8 Å². The van der Waals surface area contributed by atoms with Gasteiger partial charge in [0, 0.05) is 11.6 Å². The topological polar surface area (TPSA) is 17.8 Å². The highest BCUT2D eigenvalue weighted by Gasteiger charge is 2.08. The summed E-state index contributed by atoms with van der Waals surface area (Å²) in [7, 11) is 0. The zero-order valence-corrected chi connectivity index (χ0v) is 8.85. The van der Waals surface area contributed by atoms with Crippen LogP contribution in [0.4, 0.5) is 0 Å². The fourth-order valence-electron chi connectivity index (χ4n) is 0.833. The molecule has 0 radical (unpaired) electrons. The van der Waals surface area contributed by atoms with Gasteiger partial charge in [-0.2, -0.15) is 5.10 Å². The molecule has 0 aliphatic carbocycles. The van der Waals surface area contributed by atoms with Crippen molar-refractivity contribution >= 4 is 27.5 Å². The van der Waals surface area contributed by atoms with Crippen molar-refractivity contribution in [3.63, 3.8) is 0 Å². The van der Waals surface area contributed by atoms with Crippen LogP contribution in [-0.2, 0) is 5.88 Å². The van der Waals surface area contributed by atoms with Crippen LogP contribution in [0.3, 0.4) is 0 Å². The van der Waals surface area contributed by atoms with E-state index in [9.17, 15) is 0 Å². The molecule has 1 heterocycles. The molecule has 2 nitrogen and oxygen atoms in total. The third kappa shape index (κ3) is 1.76. The van der Waals surface area contributed by atoms with E-state index in [0.717, 1.165) is 10.2 Å². The second-order valence-electron chi connectivity index (χ2n) is 2.63. The van der Waals surface area contributed by atoms with Gasteiger partial charge in [0.05, 0.1) is 12.1 Å². The second-order valence-corrected chi connectivity index (χ2v) is 3.65. The van der Waals surface area contributed by atoms with Gasteiger partial charge in [-0.05, 0) is 29.8 Å². The SMILES string of the molecule is CC(C)n1ncc(CCl)c1Br. The summed E-state index contributed by atoms with van der Waals surface area (Å²) in [5.74, 6) is 0.507. The first kappa shape index (κ1) is 9.07. The lowest BCUT2D eigenvalue weighted by Gasteiger charge is -2.06. The summed E-state index contributed by atoms with van der Waals surface area (Å²) in [5, 5.41) is 4.17. The van der Waals surface area contributed by atoms with E-state index in [0.29, 0.717) is 11.9 Å². The molecule has 0 amide bonds. The van der Waals surface area contributed by atoms with Crippen LogP contribution in [0.5, 0.6) is 0 Å². The molecule has 11 heavy (non-hydrogen) atoms. The number of halogens is 2. The van der Waals surface area contributed by atoms with Crippen molar-refractivity contribution in [1.29, 1.82) is 0 Å². The van der Waals surface area contributed by atoms with Crippen molar-refractivity contribution in [2.45, 2.75) is 25.8 Å². The molecule has 0 aliphatic rings. The van der Waals surface area contributed by atoms with E-state index in [1.54, 1.807) is 6.20 Å². The third-order valence-electron chi connectivity index (χ3n) is 1.44. The van der Waals surface area contributed by atoms with Crippen molar-refractivity contribution in [3.8, 4) is 0 Å². The maximum absolute atomic E-state index is 5.67. The number of aromatic nitrogens is 2. The molecule has 4 heteroatoms. The Balaban J connectivity index is 3.00. The highest BCUT2D eigenvalue weighted by Crippen LogP contribution is 2.21. The predicted octanol–water partition coefficient (Wildman–Crippen LogP) is 2.97. The Hall–Kier alpha value is -0.0200. The summed E-state index contributed by atoms with van der Waals surface area (Å²) in [6.07, 6.45) is 1.79. The number of nitrogens with zero attached hydrogens (tertiary/aromatic N) is 2. The summed E-state index contributed by atoms with van der Waals surface area (Å²) in [6, 6.07) is 0.376. The van der Waals surface area contributed by atoms with Crippen LogP contribution in [0, 0.1) is 0 Å². The lowest BCUT2D eigenvalue weighted by Crippen LogP contribution is -2.02. The average Bonchev–Trinajstić information content (AvgIpc) is 2.30. The van der Waals surface area contributed by atoms with E-state index in [1.807, 2.05) is 4.68 Å². The van der Waals surface area contributed by atoms with Crippen molar-refractivity contribution < 1.29 is 0 Å². The minimum Gasteiger partial charge on any atom is -0.256 e. The lowest BCUT2D eigenvalue weighted by molar-refractivity contribution is 0.521. The summed E-state index contributed by atoms with van der Waals surface area (Å²) in [4.78, 5) is 0. The first-order chi connectivity index (χ1) is 5.16. The predicted molar refractivity (Wildman–Crippen MR) is 49.9 cm³/mol.